The third-order valence-electron chi connectivity index (χ3n) is 3.33. The lowest BCUT2D eigenvalue weighted by Crippen LogP contribution is -2.44. The lowest BCUT2D eigenvalue weighted by molar-refractivity contribution is -0.123. The van der Waals surface area contributed by atoms with Crippen LogP contribution in [0.4, 0.5) is 0 Å². The second-order valence-electron chi connectivity index (χ2n) is 5.50. The monoisotopic (exact) mass is 263 g/mol. The Morgan fingerprint density at radius 1 is 1.47 bits per heavy atom. The highest BCUT2D eigenvalue weighted by Crippen LogP contribution is 2.36. The smallest absolute Gasteiger partial charge is 0.220 e. The molecule has 1 heterocycles. The van der Waals surface area contributed by atoms with Gasteiger partial charge in [0.1, 0.15) is 11.4 Å². The number of para-hydroxylation sites is 1. The van der Waals surface area contributed by atoms with Crippen LogP contribution in [0.3, 0.4) is 0 Å². The largest absolute Gasteiger partial charge is 0.493 e. The number of ether oxygens (including phenoxy) is 1. The number of aliphatic hydroxyl groups is 1. The van der Waals surface area contributed by atoms with Crippen LogP contribution in [-0.2, 0) is 10.4 Å². The van der Waals surface area contributed by atoms with Gasteiger partial charge in [0, 0.05) is 18.4 Å². The Kier molecular flexibility index (Phi) is 4.10. The fourth-order valence-corrected chi connectivity index (χ4v) is 2.31. The SMILES string of the molecule is CC(C)CC(=O)NCC1(O)CCOc2ccccc21. The van der Waals surface area contributed by atoms with Crippen LogP contribution in [0.1, 0.15) is 32.3 Å². The summed E-state index contributed by atoms with van der Waals surface area (Å²) in [5.74, 6) is 0.998. The first kappa shape index (κ1) is 13.9. The molecule has 1 aliphatic heterocycles. The molecular weight excluding hydrogens is 242 g/mol. The summed E-state index contributed by atoms with van der Waals surface area (Å²) in [6.45, 7) is 4.70. The molecule has 104 valence electrons. The predicted octanol–water partition coefficient (Wildman–Crippen LogP) is 1.82. The Morgan fingerprint density at radius 3 is 2.95 bits per heavy atom. The fraction of sp³-hybridized carbons (Fsp3) is 0.533. The van der Waals surface area contributed by atoms with Crippen molar-refractivity contribution in [1.29, 1.82) is 0 Å². The average molecular weight is 263 g/mol. The van der Waals surface area contributed by atoms with Crippen molar-refractivity contribution in [2.45, 2.75) is 32.3 Å². The van der Waals surface area contributed by atoms with E-state index in [0.717, 1.165) is 5.56 Å². The number of rotatable bonds is 4. The summed E-state index contributed by atoms with van der Waals surface area (Å²) >= 11 is 0. The van der Waals surface area contributed by atoms with Gasteiger partial charge in [-0.2, -0.15) is 0 Å². The number of hydrogen-bond acceptors (Lipinski definition) is 3. The Morgan fingerprint density at radius 2 is 2.21 bits per heavy atom. The third-order valence-corrected chi connectivity index (χ3v) is 3.33. The highest BCUT2D eigenvalue weighted by molar-refractivity contribution is 5.76. The summed E-state index contributed by atoms with van der Waals surface area (Å²) in [6, 6.07) is 7.44. The van der Waals surface area contributed by atoms with Crippen molar-refractivity contribution < 1.29 is 14.6 Å². The van der Waals surface area contributed by atoms with E-state index in [9.17, 15) is 9.90 Å². The van der Waals surface area contributed by atoms with Gasteiger partial charge in [-0.1, -0.05) is 32.0 Å². The molecule has 0 saturated carbocycles. The fourth-order valence-electron chi connectivity index (χ4n) is 2.31. The van der Waals surface area contributed by atoms with Crippen molar-refractivity contribution in [3.05, 3.63) is 29.8 Å². The van der Waals surface area contributed by atoms with Crippen LogP contribution >= 0.6 is 0 Å². The van der Waals surface area contributed by atoms with Gasteiger partial charge in [-0.3, -0.25) is 4.79 Å². The molecule has 0 spiro atoms. The van der Waals surface area contributed by atoms with Crippen molar-refractivity contribution in [3.8, 4) is 5.75 Å². The topological polar surface area (TPSA) is 58.6 Å². The molecule has 19 heavy (non-hydrogen) atoms. The van der Waals surface area contributed by atoms with E-state index in [-0.39, 0.29) is 12.5 Å². The standard InChI is InChI=1S/C15H21NO3/c1-11(2)9-14(17)16-10-15(18)7-8-19-13-6-4-3-5-12(13)15/h3-6,11,18H,7-10H2,1-2H3,(H,16,17). The zero-order chi connectivity index (χ0) is 13.9. The highest BCUT2D eigenvalue weighted by Gasteiger charge is 2.35. The minimum atomic E-state index is -1.03. The zero-order valence-corrected chi connectivity index (χ0v) is 11.5. The van der Waals surface area contributed by atoms with E-state index >= 15 is 0 Å². The van der Waals surface area contributed by atoms with Gasteiger partial charge in [0.15, 0.2) is 0 Å². The first-order valence-corrected chi connectivity index (χ1v) is 6.73. The summed E-state index contributed by atoms with van der Waals surface area (Å²) in [4.78, 5) is 11.7. The summed E-state index contributed by atoms with van der Waals surface area (Å²) in [5.41, 5.74) is -0.271. The molecular formula is C15H21NO3. The molecule has 0 bridgehead atoms. The van der Waals surface area contributed by atoms with Crippen molar-refractivity contribution in [2.24, 2.45) is 5.92 Å². The predicted molar refractivity (Wildman–Crippen MR) is 72.9 cm³/mol. The van der Waals surface area contributed by atoms with Crippen molar-refractivity contribution in [2.75, 3.05) is 13.2 Å². The molecule has 2 N–H and O–H groups in total. The van der Waals surface area contributed by atoms with Gasteiger partial charge < -0.3 is 15.2 Å². The Labute approximate surface area is 113 Å². The van der Waals surface area contributed by atoms with E-state index < -0.39 is 5.60 Å². The highest BCUT2D eigenvalue weighted by atomic mass is 16.5. The second-order valence-corrected chi connectivity index (χ2v) is 5.50. The molecule has 1 aromatic rings. The summed E-state index contributed by atoms with van der Waals surface area (Å²) < 4.78 is 5.52. The molecule has 0 saturated heterocycles. The van der Waals surface area contributed by atoms with E-state index in [4.69, 9.17) is 4.74 Å². The average Bonchev–Trinajstić information content (AvgIpc) is 2.36. The van der Waals surface area contributed by atoms with Gasteiger partial charge in [-0.25, -0.2) is 0 Å². The normalized spacial score (nSPS) is 21.7. The Hall–Kier alpha value is -1.55. The van der Waals surface area contributed by atoms with Crippen LogP contribution in [-0.4, -0.2) is 24.2 Å². The molecule has 4 heteroatoms. The Balaban J connectivity index is 2.06. The van der Waals surface area contributed by atoms with E-state index in [1.165, 1.54) is 0 Å². The zero-order valence-electron chi connectivity index (χ0n) is 11.5. The van der Waals surface area contributed by atoms with Crippen LogP contribution < -0.4 is 10.1 Å². The molecule has 2 rings (SSSR count). The van der Waals surface area contributed by atoms with Crippen LogP contribution in [0.25, 0.3) is 0 Å². The van der Waals surface area contributed by atoms with Crippen LogP contribution in [0.2, 0.25) is 0 Å². The third kappa shape index (κ3) is 3.26. The molecule has 4 nitrogen and oxygen atoms in total. The van der Waals surface area contributed by atoms with Crippen molar-refractivity contribution >= 4 is 5.91 Å². The maximum atomic E-state index is 11.7. The molecule has 1 atom stereocenters. The number of benzene rings is 1. The molecule has 1 aliphatic rings. The first-order chi connectivity index (χ1) is 9.01. The number of fused-ring (bicyclic) bond motifs is 1. The number of carbonyl (C=O) groups is 1. The van der Waals surface area contributed by atoms with E-state index in [1.54, 1.807) is 0 Å². The molecule has 1 unspecified atom stereocenters. The van der Waals surface area contributed by atoms with E-state index in [2.05, 4.69) is 5.32 Å². The van der Waals surface area contributed by atoms with Crippen molar-refractivity contribution in [1.82, 2.24) is 5.32 Å². The van der Waals surface area contributed by atoms with Gasteiger partial charge >= 0.3 is 0 Å². The summed E-state index contributed by atoms with van der Waals surface area (Å²) in [7, 11) is 0. The summed E-state index contributed by atoms with van der Waals surface area (Å²) in [5, 5.41) is 13.5. The number of nitrogens with one attached hydrogen (secondary N) is 1. The molecule has 0 aromatic heterocycles. The van der Waals surface area contributed by atoms with Crippen LogP contribution in [0.5, 0.6) is 5.75 Å². The lowest BCUT2D eigenvalue weighted by Gasteiger charge is -2.34. The van der Waals surface area contributed by atoms with Gasteiger partial charge in [0.05, 0.1) is 13.2 Å². The second kappa shape index (κ2) is 5.61. The van der Waals surface area contributed by atoms with E-state index in [1.807, 2.05) is 38.1 Å². The molecule has 0 aliphatic carbocycles. The van der Waals surface area contributed by atoms with E-state index in [0.29, 0.717) is 31.1 Å². The maximum Gasteiger partial charge on any atom is 0.220 e. The summed E-state index contributed by atoms with van der Waals surface area (Å²) in [6.07, 6.45) is 0.972. The van der Waals surface area contributed by atoms with Gasteiger partial charge in [0.25, 0.3) is 0 Å². The Bertz CT molecular complexity index is 458. The van der Waals surface area contributed by atoms with Crippen molar-refractivity contribution in [3.63, 3.8) is 0 Å². The number of carbonyl (C=O) groups excluding carboxylic acids is 1. The quantitative estimate of drug-likeness (QED) is 0.871. The lowest BCUT2D eigenvalue weighted by atomic mass is 9.88. The van der Waals surface area contributed by atoms with Crippen LogP contribution in [0.15, 0.2) is 24.3 Å². The minimum absolute atomic E-state index is 0.0209. The van der Waals surface area contributed by atoms with Gasteiger partial charge in [-0.15, -0.1) is 0 Å². The van der Waals surface area contributed by atoms with Crippen LogP contribution in [0, 0.1) is 5.92 Å². The maximum absolute atomic E-state index is 11.7. The number of amides is 1. The first-order valence-electron chi connectivity index (χ1n) is 6.73. The number of hydrogen-bond donors (Lipinski definition) is 2. The molecule has 1 aromatic carbocycles. The van der Waals surface area contributed by atoms with Gasteiger partial charge in [0.2, 0.25) is 5.91 Å². The molecule has 0 fully saturated rings. The van der Waals surface area contributed by atoms with Gasteiger partial charge in [-0.05, 0) is 12.0 Å². The molecule has 1 amide bonds. The minimum Gasteiger partial charge on any atom is -0.493 e. The molecule has 0 radical (unpaired) electrons.